The van der Waals surface area contributed by atoms with Crippen LogP contribution in [0.2, 0.25) is 0 Å². The molecule has 0 atom stereocenters. The number of aromatic nitrogens is 1. The molecule has 0 unspecified atom stereocenters. The summed E-state index contributed by atoms with van der Waals surface area (Å²) in [4.78, 5) is 14.7. The smallest absolute Gasteiger partial charge is 0.347 e. The summed E-state index contributed by atoms with van der Waals surface area (Å²) in [6.45, 7) is 0. The van der Waals surface area contributed by atoms with Crippen molar-refractivity contribution in [2.24, 2.45) is 0 Å². The maximum absolute atomic E-state index is 13.4. The number of carbonyl (C=O) groups is 1. The van der Waals surface area contributed by atoms with Gasteiger partial charge < -0.3 is 9.84 Å². The highest BCUT2D eigenvalue weighted by Crippen LogP contribution is 2.28. The lowest BCUT2D eigenvalue weighted by Gasteiger charge is -2.02. The summed E-state index contributed by atoms with van der Waals surface area (Å²) >= 11 is 0.998. The van der Waals surface area contributed by atoms with Gasteiger partial charge in [0.15, 0.2) is 11.6 Å². The third kappa shape index (κ3) is 2.26. The van der Waals surface area contributed by atoms with Gasteiger partial charge in [-0.25, -0.2) is 14.2 Å². The van der Waals surface area contributed by atoms with Crippen molar-refractivity contribution in [2.45, 2.75) is 0 Å². The second-order valence-electron chi connectivity index (χ2n) is 3.18. The van der Waals surface area contributed by atoms with Gasteiger partial charge in [0.05, 0.1) is 13.3 Å². The summed E-state index contributed by atoms with van der Waals surface area (Å²) in [5, 5.41) is 9.22. The van der Waals surface area contributed by atoms with Gasteiger partial charge in [0.1, 0.15) is 9.88 Å². The van der Waals surface area contributed by atoms with Crippen LogP contribution < -0.4 is 4.74 Å². The molecule has 2 aromatic rings. The highest BCUT2D eigenvalue weighted by Gasteiger charge is 2.11. The van der Waals surface area contributed by atoms with E-state index in [1.807, 2.05) is 0 Å². The molecule has 6 heteroatoms. The molecule has 0 radical (unpaired) electrons. The summed E-state index contributed by atoms with van der Waals surface area (Å²) in [7, 11) is 1.38. The van der Waals surface area contributed by atoms with Crippen LogP contribution in [0.1, 0.15) is 9.67 Å². The van der Waals surface area contributed by atoms with E-state index >= 15 is 0 Å². The molecule has 2 rings (SSSR count). The normalized spacial score (nSPS) is 10.2. The minimum atomic E-state index is -1.04. The van der Waals surface area contributed by atoms with Crippen LogP contribution in [0.15, 0.2) is 24.4 Å². The van der Waals surface area contributed by atoms with Gasteiger partial charge in [-0.15, -0.1) is 11.3 Å². The van der Waals surface area contributed by atoms with Crippen molar-refractivity contribution in [1.29, 1.82) is 0 Å². The van der Waals surface area contributed by atoms with Crippen molar-refractivity contribution in [3.63, 3.8) is 0 Å². The van der Waals surface area contributed by atoms with Crippen LogP contribution >= 0.6 is 11.3 Å². The first-order chi connectivity index (χ1) is 8.11. The first-order valence-corrected chi connectivity index (χ1v) is 5.46. The summed E-state index contributed by atoms with van der Waals surface area (Å²) < 4.78 is 18.2. The quantitative estimate of drug-likeness (QED) is 0.913. The molecule has 0 fully saturated rings. The zero-order valence-electron chi connectivity index (χ0n) is 8.81. The maximum atomic E-state index is 13.4. The highest BCUT2D eigenvalue weighted by molar-refractivity contribution is 7.16. The Morgan fingerprint density at radius 3 is 2.82 bits per heavy atom. The largest absolute Gasteiger partial charge is 0.494 e. The molecule has 4 nitrogen and oxygen atoms in total. The van der Waals surface area contributed by atoms with Gasteiger partial charge in [0.2, 0.25) is 0 Å². The number of aromatic carboxylic acids is 1. The average molecular weight is 253 g/mol. The summed E-state index contributed by atoms with van der Waals surface area (Å²) in [5.74, 6) is -1.40. The van der Waals surface area contributed by atoms with Crippen molar-refractivity contribution in [3.05, 3.63) is 35.1 Å². The van der Waals surface area contributed by atoms with Gasteiger partial charge >= 0.3 is 5.97 Å². The first kappa shape index (κ1) is 11.5. The second-order valence-corrected chi connectivity index (χ2v) is 4.21. The van der Waals surface area contributed by atoms with E-state index in [1.165, 1.54) is 25.4 Å². The van der Waals surface area contributed by atoms with E-state index in [4.69, 9.17) is 9.84 Å². The van der Waals surface area contributed by atoms with Crippen LogP contribution in [-0.2, 0) is 0 Å². The van der Waals surface area contributed by atoms with E-state index in [0.717, 1.165) is 11.3 Å². The number of methoxy groups -OCH3 is 1. The lowest BCUT2D eigenvalue weighted by Crippen LogP contribution is -1.89. The number of hydrogen-bond donors (Lipinski definition) is 1. The molecule has 0 amide bonds. The zero-order valence-corrected chi connectivity index (χ0v) is 9.62. The number of halogens is 1. The fourth-order valence-electron chi connectivity index (χ4n) is 1.31. The monoisotopic (exact) mass is 253 g/mol. The van der Waals surface area contributed by atoms with Crippen LogP contribution in [0.3, 0.4) is 0 Å². The Morgan fingerprint density at radius 2 is 2.29 bits per heavy atom. The van der Waals surface area contributed by atoms with Gasteiger partial charge in [0, 0.05) is 5.56 Å². The van der Waals surface area contributed by atoms with E-state index in [2.05, 4.69) is 4.98 Å². The van der Waals surface area contributed by atoms with Crippen molar-refractivity contribution >= 4 is 17.3 Å². The van der Waals surface area contributed by atoms with Crippen LogP contribution in [0.25, 0.3) is 10.6 Å². The van der Waals surface area contributed by atoms with Crippen LogP contribution in [0.5, 0.6) is 5.75 Å². The molecule has 0 aliphatic carbocycles. The second kappa shape index (κ2) is 4.50. The molecular formula is C11H8FNO3S. The lowest BCUT2D eigenvalue weighted by atomic mass is 10.2. The predicted octanol–water partition coefficient (Wildman–Crippen LogP) is 2.66. The molecule has 1 heterocycles. The molecule has 0 saturated carbocycles. The number of hydrogen-bond acceptors (Lipinski definition) is 4. The predicted molar refractivity (Wildman–Crippen MR) is 61.0 cm³/mol. The van der Waals surface area contributed by atoms with Crippen LogP contribution in [-0.4, -0.2) is 23.2 Å². The molecule has 0 spiro atoms. The van der Waals surface area contributed by atoms with E-state index < -0.39 is 11.8 Å². The minimum Gasteiger partial charge on any atom is -0.494 e. The third-order valence-corrected chi connectivity index (χ3v) is 3.15. The van der Waals surface area contributed by atoms with Gasteiger partial charge in [-0.1, -0.05) is 0 Å². The van der Waals surface area contributed by atoms with Crippen molar-refractivity contribution in [2.75, 3.05) is 7.11 Å². The molecule has 0 aliphatic heterocycles. The number of benzene rings is 1. The molecular weight excluding hydrogens is 245 g/mol. The van der Waals surface area contributed by atoms with Crippen molar-refractivity contribution in [1.82, 2.24) is 4.98 Å². The summed E-state index contributed by atoms with van der Waals surface area (Å²) in [6.07, 6.45) is 1.25. The molecule has 88 valence electrons. The van der Waals surface area contributed by atoms with E-state index in [9.17, 15) is 9.18 Å². The van der Waals surface area contributed by atoms with Crippen LogP contribution in [0, 0.1) is 5.82 Å². The molecule has 1 aromatic carbocycles. The van der Waals surface area contributed by atoms with Crippen molar-refractivity contribution in [3.8, 4) is 16.3 Å². The van der Waals surface area contributed by atoms with E-state index in [-0.39, 0.29) is 10.6 Å². The van der Waals surface area contributed by atoms with Gasteiger partial charge in [-0.3, -0.25) is 0 Å². The lowest BCUT2D eigenvalue weighted by molar-refractivity contribution is 0.0702. The number of carboxylic acids is 1. The Labute approximate surface area is 100 Å². The molecule has 1 N–H and O–H groups in total. The molecule has 0 saturated heterocycles. The van der Waals surface area contributed by atoms with E-state index in [1.54, 1.807) is 6.07 Å². The molecule has 0 bridgehead atoms. The molecule has 1 aromatic heterocycles. The molecule has 0 aliphatic rings. The number of ether oxygens (including phenoxy) is 1. The van der Waals surface area contributed by atoms with Crippen LogP contribution in [0.4, 0.5) is 4.39 Å². The molecule has 17 heavy (non-hydrogen) atoms. The number of nitrogens with zero attached hydrogens (tertiary/aromatic N) is 1. The Bertz CT molecular complexity index is 568. The summed E-state index contributed by atoms with van der Waals surface area (Å²) in [6, 6.07) is 4.38. The highest BCUT2D eigenvalue weighted by atomic mass is 32.1. The Kier molecular flexibility index (Phi) is 3.06. The number of carboxylic acid groups (broad SMARTS) is 1. The minimum absolute atomic E-state index is 0.122. The average Bonchev–Trinajstić information content (AvgIpc) is 2.78. The standard InChI is InChI=1S/C11H8FNO3S/c1-16-8-3-2-6(4-7(8)12)10-13-5-9(17-10)11(14)15/h2-5H,1H3,(H,14,15). The van der Waals surface area contributed by atoms with E-state index in [0.29, 0.717) is 10.6 Å². The Balaban J connectivity index is 2.39. The fourth-order valence-corrected chi connectivity index (χ4v) is 2.06. The fraction of sp³-hybridized carbons (Fsp3) is 0.0909. The SMILES string of the molecule is COc1ccc(-c2ncc(C(=O)O)s2)cc1F. The third-order valence-electron chi connectivity index (χ3n) is 2.12. The summed E-state index contributed by atoms with van der Waals surface area (Å²) in [5.41, 5.74) is 0.529. The zero-order chi connectivity index (χ0) is 12.4. The topological polar surface area (TPSA) is 59.4 Å². The Hall–Kier alpha value is -1.95. The van der Waals surface area contributed by atoms with Gasteiger partial charge in [-0.05, 0) is 18.2 Å². The maximum Gasteiger partial charge on any atom is 0.347 e. The number of thiazole rings is 1. The van der Waals surface area contributed by atoms with Crippen molar-refractivity contribution < 1.29 is 19.0 Å². The van der Waals surface area contributed by atoms with Gasteiger partial charge in [-0.2, -0.15) is 0 Å². The number of rotatable bonds is 3. The first-order valence-electron chi connectivity index (χ1n) is 4.65. The van der Waals surface area contributed by atoms with Gasteiger partial charge in [0.25, 0.3) is 0 Å². The Morgan fingerprint density at radius 1 is 1.53 bits per heavy atom.